The van der Waals surface area contributed by atoms with Gasteiger partial charge in [-0.2, -0.15) is 0 Å². The largest absolute Gasteiger partial charge is 0.388 e. The van der Waals surface area contributed by atoms with E-state index in [0.717, 1.165) is 4.90 Å². The van der Waals surface area contributed by atoms with E-state index in [9.17, 15) is 5.11 Å². The molecule has 2 saturated heterocycles. The average Bonchev–Trinajstić information content (AvgIpc) is 2.72. The second-order valence-electron chi connectivity index (χ2n) is 5.76. The van der Waals surface area contributed by atoms with Crippen LogP contribution in [0.4, 0.5) is 0 Å². The van der Waals surface area contributed by atoms with Crippen molar-refractivity contribution >= 4 is 11.8 Å². The Bertz CT molecular complexity index is 473. The van der Waals surface area contributed by atoms with Gasteiger partial charge in [0.25, 0.3) is 0 Å². The van der Waals surface area contributed by atoms with Crippen LogP contribution in [0, 0.1) is 6.92 Å². The summed E-state index contributed by atoms with van der Waals surface area (Å²) in [5.74, 6) is -0.671. The average molecular weight is 296 g/mol. The van der Waals surface area contributed by atoms with E-state index in [1.54, 1.807) is 11.8 Å². The van der Waals surface area contributed by atoms with Gasteiger partial charge in [-0.3, -0.25) is 0 Å². The van der Waals surface area contributed by atoms with Gasteiger partial charge >= 0.3 is 0 Å². The van der Waals surface area contributed by atoms with Crippen molar-refractivity contribution in [1.29, 1.82) is 0 Å². The molecule has 0 bridgehead atoms. The van der Waals surface area contributed by atoms with Gasteiger partial charge in [-0.25, -0.2) is 0 Å². The summed E-state index contributed by atoms with van der Waals surface area (Å²) in [6.07, 6.45) is -1.20. The van der Waals surface area contributed by atoms with Gasteiger partial charge in [0.1, 0.15) is 23.7 Å². The van der Waals surface area contributed by atoms with Crippen LogP contribution in [-0.4, -0.2) is 41.2 Å². The van der Waals surface area contributed by atoms with Gasteiger partial charge in [-0.15, -0.1) is 0 Å². The zero-order chi connectivity index (χ0) is 14.3. The quantitative estimate of drug-likeness (QED) is 0.907. The predicted octanol–water partition coefficient (Wildman–Crippen LogP) is 2.32. The minimum absolute atomic E-state index is 0.159. The van der Waals surface area contributed by atoms with Crippen molar-refractivity contribution in [3.05, 3.63) is 29.8 Å². The molecule has 3 rings (SSSR count). The molecule has 0 spiro atoms. The van der Waals surface area contributed by atoms with Crippen molar-refractivity contribution in [2.75, 3.05) is 6.61 Å². The SMILES string of the molecule is Cc1ccc(S[C@@H]2OC[C@@H](O)[C@@H]3OC(C)(C)O[C@H]32)cc1. The number of ether oxygens (including phenoxy) is 3. The number of aliphatic hydroxyl groups is 1. The lowest BCUT2D eigenvalue weighted by molar-refractivity contribution is -0.152. The fraction of sp³-hybridized carbons (Fsp3) is 0.600. The third kappa shape index (κ3) is 2.87. The number of hydrogen-bond donors (Lipinski definition) is 1. The molecule has 4 nitrogen and oxygen atoms in total. The number of aryl methyl sites for hydroxylation is 1. The monoisotopic (exact) mass is 296 g/mol. The second kappa shape index (κ2) is 5.31. The summed E-state index contributed by atoms with van der Waals surface area (Å²) in [5, 5.41) is 9.99. The molecule has 0 aromatic heterocycles. The van der Waals surface area contributed by atoms with Crippen LogP contribution in [0.25, 0.3) is 0 Å². The Hall–Kier alpha value is -0.590. The molecule has 0 radical (unpaired) electrons. The Morgan fingerprint density at radius 3 is 2.50 bits per heavy atom. The van der Waals surface area contributed by atoms with E-state index in [4.69, 9.17) is 14.2 Å². The lowest BCUT2D eigenvalue weighted by Gasteiger charge is -2.34. The third-order valence-electron chi connectivity index (χ3n) is 3.52. The van der Waals surface area contributed by atoms with Crippen molar-refractivity contribution < 1.29 is 19.3 Å². The highest BCUT2D eigenvalue weighted by Crippen LogP contribution is 2.40. The van der Waals surface area contributed by atoms with Crippen LogP contribution in [-0.2, 0) is 14.2 Å². The highest BCUT2D eigenvalue weighted by atomic mass is 32.2. The van der Waals surface area contributed by atoms with Crippen LogP contribution in [0.15, 0.2) is 29.2 Å². The highest BCUT2D eigenvalue weighted by molar-refractivity contribution is 7.99. The minimum Gasteiger partial charge on any atom is -0.388 e. The Labute approximate surface area is 123 Å². The van der Waals surface area contributed by atoms with Crippen LogP contribution in [0.2, 0.25) is 0 Å². The van der Waals surface area contributed by atoms with Gasteiger partial charge in [0.15, 0.2) is 5.79 Å². The molecule has 4 atom stereocenters. The normalized spacial score (nSPS) is 35.8. The molecular weight excluding hydrogens is 276 g/mol. The molecular formula is C15H20O4S. The van der Waals surface area contributed by atoms with Gasteiger partial charge in [-0.05, 0) is 32.9 Å². The molecule has 20 heavy (non-hydrogen) atoms. The van der Waals surface area contributed by atoms with Crippen molar-refractivity contribution in [2.24, 2.45) is 0 Å². The number of hydrogen-bond acceptors (Lipinski definition) is 5. The second-order valence-corrected chi connectivity index (χ2v) is 6.94. The van der Waals surface area contributed by atoms with E-state index in [1.807, 2.05) is 13.8 Å². The minimum atomic E-state index is -0.671. The van der Waals surface area contributed by atoms with Gasteiger partial charge in [0.05, 0.1) is 6.61 Å². The van der Waals surface area contributed by atoms with Crippen molar-refractivity contribution in [3.8, 4) is 0 Å². The number of benzene rings is 1. The Morgan fingerprint density at radius 2 is 1.80 bits per heavy atom. The summed E-state index contributed by atoms with van der Waals surface area (Å²) < 4.78 is 17.4. The lowest BCUT2D eigenvalue weighted by atomic mass is 10.1. The molecule has 0 saturated carbocycles. The number of thioether (sulfide) groups is 1. The van der Waals surface area contributed by atoms with Gasteiger partial charge in [0, 0.05) is 4.90 Å². The van der Waals surface area contributed by atoms with Crippen molar-refractivity contribution in [2.45, 2.75) is 55.2 Å². The number of aliphatic hydroxyl groups excluding tert-OH is 1. The molecule has 1 aromatic rings. The Morgan fingerprint density at radius 1 is 1.15 bits per heavy atom. The maximum absolute atomic E-state index is 9.99. The molecule has 110 valence electrons. The van der Waals surface area contributed by atoms with Crippen LogP contribution in [0.1, 0.15) is 19.4 Å². The van der Waals surface area contributed by atoms with Gasteiger partial charge in [-0.1, -0.05) is 29.5 Å². The molecule has 2 heterocycles. The molecule has 0 amide bonds. The summed E-state index contributed by atoms with van der Waals surface area (Å²) in [6, 6.07) is 8.30. The lowest BCUT2D eigenvalue weighted by Crippen LogP contribution is -2.49. The summed E-state index contributed by atoms with van der Waals surface area (Å²) >= 11 is 1.61. The maximum atomic E-state index is 9.99. The first-order valence-corrected chi connectivity index (χ1v) is 7.71. The molecule has 5 heteroatoms. The van der Waals surface area contributed by atoms with E-state index >= 15 is 0 Å². The van der Waals surface area contributed by atoms with Crippen LogP contribution >= 0.6 is 11.8 Å². The molecule has 0 aliphatic carbocycles. The van der Waals surface area contributed by atoms with E-state index in [2.05, 4.69) is 31.2 Å². The molecule has 1 N–H and O–H groups in total. The van der Waals surface area contributed by atoms with Crippen LogP contribution < -0.4 is 0 Å². The van der Waals surface area contributed by atoms with Crippen molar-refractivity contribution in [3.63, 3.8) is 0 Å². The Kier molecular flexibility index (Phi) is 3.81. The third-order valence-corrected chi connectivity index (χ3v) is 4.70. The van der Waals surface area contributed by atoms with Gasteiger partial charge in [0.2, 0.25) is 0 Å². The van der Waals surface area contributed by atoms with E-state index < -0.39 is 11.9 Å². The summed E-state index contributed by atoms with van der Waals surface area (Å²) in [5.41, 5.74) is 1.07. The summed E-state index contributed by atoms with van der Waals surface area (Å²) in [6.45, 7) is 6.08. The summed E-state index contributed by atoms with van der Waals surface area (Å²) in [7, 11) is 0. The molecule has 2 aliphatic rings. The van der Waals surface area contributed by atoms with Gasteiger partial charge < -0.3 is 19.3 Å². The fourth-order valence-electron chi connectivity index (χ4n) is 2.56. The predicted molar refractivity (Wildman–Crippen MR) is 76.6 cm³/mol. The zero-order valence-corrected chi connectivity index (χ0v) is 12.7. The topological polar surface area (TPSA) is 47.9 Å². The maximum Gasteiger partial charge on any atom is 0.164 e. The van der Waals surface area contributed by atoms with Crippen molar-refractivity contribution in [1.82, 2.24) is 0 Å². The van der Waals surface area contributed by atoms with E-state index in [1.165, 1.54) is 5.56 Å². The standard InChI is InChI=1S/C15H20O4S/c1-9-4-6-10(7-5-9)20-14-13-12(11(16)8-17-14)18-15(2,3)19-13/h4-7,11-14,16H,8H2,1-3H3/t11-,12+,13-,14+/m1/s1. The first-order valence-electron chi connectivity index (χ1n) is 6.83. The number of fused-ring (bicyclic) bond motifs is 1. The summed E-state index contributed by atoms with van der Waals surface area (Å²) in [4.78, 5) is 1.13. The molecule has 2 fully saturated rings. The first kappa shape index (κ1) is 14.4. The zero-order valence-electron chi connectivity index (χ0n) is 11.9. The van der Waals surface area contributed by atoms with E-state index in [-0.39, 0.29) is 24.3 Å². The number of rotatable bonds is 2. The Balaban J connectivity index is 1.75. The highest BCUT2D eigenvalue weighted by Gasteiger charge is 2.51. The molecule has 0 unspecified atom stereocenters. The molecule has 2 aliphatic heterocycles. The first-order chi connectivity index (χ1) is 9.44. The molecule has 1 aromatic carbocycles. The fourth-order valence-corrected chi connectivity index (χ4v) is 3.61. The van der Waals surface area contributed by atoms with Crippen LogP contribution in [0.5, 0.6) is 0 Å². The van der Waals surface area contributed by atoms with E-state index in [0.29, 0.717) is 0 Å². The smallest absolute Gasteiger partial charge is 0.164 e. The van der Waals surface area contributed by atoms with Crippen LogP contribution in [0.3, 0.4) is 0 Å².